The highest BCUT2D eigenvalue weighted by molar-refractivity contribution is 9.10. The molecule has 3 aromatic rings. The molecule has 0 aliphatic carbocycles. The van der Waals surface area contributed by atoms with Crippen LogP contribution in [0, 0.1) is 13.8 Å². The maximum atomic E-state index is 12.9. The van der Waals surface area contributed by atoms with E-state index in [-0.39, 0.29) is 5.91 Å². The number of hydrogen-bond donors (Lipinski definition) is 1. The second kappa shape index (κ2) is 6.16. The standard InChI is InChI=1S/C18H18BrN3O/c1-4-14-17(22-10-13(19)8-9-16(22)20-14)18(23)21-15-7-5-6-11(2)12(15)3/h5-10H,4H2,1-3H3,(H,21,23). The molecule has 23 heavy (non-hydrogen) atoms. The van der Waals surface area contributed by atoms with E-state index in [2.05, 4.69) is 26.2 Å². The molecule has 0 saturated carbocycles. The van der Waals surface area contributed by atoms with Gasteiger partial charge in [-0.1, -0.05) is 19.1 Å². The van der Waals surface area contributed by atoms with Crippen LogP contribution in [0.3, 0.4) is 0 Å². The number of rotatable bonds is 3. The van der Waals surface area contributed by atoms with Crippen LogP contribution in [0.5, 0.6) is 0 Å². The average molecular weight is 372 g/mol. The summed E-state index contributed by atoms with van der Waals surface area (Å²) in [6.07, 6.45) is 2.58. The molecule has 0 aliphatic heterocycles. The molecule has 2 heterocycles. The second-order valence-corrected chi connectivity index (χ2v) is 6.45. The number of fused-ring (bicyclic) bond motifs is 1. The Labute approximate surface area is 143 Å². The topological polar surface area (TPSA) is 46.4 Å². The molecule has 5 heteroatoms. The van der Waals surface area contributed by atoms with Gasteiger partial charge in [0.05, 0.1) is 5.69 Å². The molecular weight excluding hydrogens is 354 g/mol. The van der Waals surface area contributed by atoms with Crippen molar-refractivity contribution < 1.29 is 4.79 Å². The number of aryl methyl sites for hydroxylation is 2. The number of pyridine rings is 1. The number of halogens is 1. The van der Waals surface area contributed by atoms with Crippen molar-refractivity contribution in [1.82, 2.24) is 9.38 Å². The lowest BCUT2D eigenvalue weighted by Gasteiger charge is -2.11. The summed E-state index contributed by atoms with van der Waals surface area (Å²) in [4.78, 5) is 17.4. The SMILES string of the molecule is CCc1nc2ccc(Br)cn2c1C(=O)Nc1cccc(C)c1C. The van der Waals surface area contributed by atoms with E-state index in [1.165, 1.54) is 0 Å². The summed E-state index contributed by atoms with van der Waals surface area (Å²) in [7, 11) is 0. The lowest BCUT2D eigenvalue weighted by molar-refractivity contribution is 0.102. The smallest absolute Gasteiger partial charge is 0.274 e. The fraction of sp³-hybridized carbons (Fsp3) is 0.222. The van der Waals surface area contributed by atoms with E-state index in [1.807, 2.05) is 61.7 Å². The third kappa shape index (κ3) is 2.88. The Morgan fingerprint density at radius 3 is 2.78 bits per heavy atom. The quantitative estimate of drug-likeness (QED) is 0.734. The number of benzene rings is 1. The summed E-state index contributed by atoms with van der Waals surface area (Å²) in [6, 6.07) is 9.73. The van der Waals surface area contributed by atoms with E-state index in [1.54, 1.807) is 0 Å². The van der Waals surface area contributed by atoms with Gasteiger partial charge in [0, 0.05) is 16.4 Å². The van der Waals surface area contributed by atoms with Gasteiger partial charge in [0.1, 0.15) is 11.3 Å². The highest BCUT2D eigenvalue weighted by atomic mass is 79.9. The van der Waals surface area contributed by atoms with Crippen molar-refractivity contribution in [2.24, 2.45) is 0 Å². The first-order valence-electron chi connectivity index (χ1n) is 7.55. The van der Waals surface area contributed by atoms with E-state index in [0.29, 0.717) is 12.1 Å². The highest BCUT2D eigenvalue weighted by Gasteiger charge is 2.19. The van der Waals surface area contributed by atoms with Crippen LogP contribution < -0.4 is 5.32 Å². The van der Waals surface area contributed by atoms with Crippen molar-refractivity contribution >= 4 is 33.2 Å². The molecular formula is C18H18BrN3O. The molecule has 0 bridgehead atoms. The lowest BCUT2D eigenvalue weighted by atomic mass is 10.1. The third-order valence-corrected chi connectivity index (χ3v) is 4.53. The second-order valence-electron chi connectivity index (χ2n) is 5.54. The minimum atomic E-state index is -0.138. The number of nitrogens with one attached hydrogen (secondary N) is 1. The zero-order valence-electron chi connectivity index (χ0n) is 13.4. The minimum Gasteiger partial charge on any atom is -0.320 e. The molecule has 0 spiro atoms. The predicted molar refractivity (Wildman–Crippen MR) is 96.1 cm³/mol. The largest absolute Gasteiger partial charge is 0.320 e. The molecule has 0 atom stereocenters. The first-order valence-corrected chi connectivity index (χ1v) is 8.34. The lowest BCUT2D eigenvalue weighted by Crippen LogP contribution is -2.17. The first kappa shape index (κ1) is 15.7. The Kier molecular flexibility index (Phi) is 4.22. The van der Waals surface area contributed by atoms with Crippen LogP contribution in [0.4, 0.5) is 5.69 Å². The number of aromatic nitrogens is 2. The summed E-state index contributed by atoms with van der Waals surface area (Å²) in [6.45, 7) is 6.05. The third-order valence-electron chi connectivity index (χ3n) is 4.06. The molecule has 3 rings (SSSR count). The summed E-state index contributed by atoms with van der Waals surface area (Å²) >= 11 is 3.45. The van der Waals surface area contributed by atoms with Gasteiger partial charge in [-0.2, -0.15) is 0 Å². The van der Waals surface area contributed by atoms with Crippen LogP contribution in [0.25, 0.3) is 5.65 Å². The van der Waals surface area contributed by atoms with Gasteiger partial charge in [0.2, 0.25) is 0 Å². The van der Waals surface area contributed by atoms with Gasteiger partial charge < -0.3 is 5.32 Å². The van der Waals surface area contributed by atoms with Crippen molar-refractivity contribution in [2.45, 2.75) is 27.2 Å². The van der Waals surface area contributed by atoms with Crippen LogP contribution in [-0.2, 0) is 6.42 Å². The van der Waals surface area contributed by atoms with E-state index in [0.717, 1.165) is 32.6 Å². The molecule has 0 fully saturated rings. The Morgan fingerprint density at radius 2 is 2.04 bits per heavy atom. The Morgan fingerprint density at radius 1 is 1.26 bits per heavy atom. The van der Waals surface area contributed by atoms with Crippen LogP contribution >= 0.6 is 15.9 Å². The van der Waals surface area contributed by atoms with Crippen molar-refractivity contribution in [3.63, 3.8) is 0 Å². The zero-order chi connectivity index (χ0) is 16.6. The number of carbonyl (C=O) groups excluding carboxylic acids is 1. The number of nitrogens with zero attached hydrogens (tertiary/aromatic N) is 2. The zero-order valence-corrected chi connectivity index (χ0v) is 14.9. The first-order chi connectivity index (χ1) is 11.0. The Bertz CT molecular complexity index is 899. The normalized spacial score (nSPS) is 11.0. The van der Waals surface area contributed by atoms with Gasteiger partial charge in [-0.25, -0.2) is 4.98 Å². The maximum absolute atomic E-state index is 12.9. The van der Waals surface area contributed by atoms with Gasteiger partial charge in [-0.3, -0.25) is 9.20 Å². The molecule has 1 amide bonds. The molecule has 0 aliphatic rings. The predicted octanol–water partition coefficient (Wildman–Crippen LogP) is 4.53. The van der Waals surface area contributed by atoms with E-state index in [9.17, 15) is 4.79 Å². The molecule has 1 N–H and O–H groups in total. The molecule has 4 nitrogen and oxygen atoms in total. The number of hydrogen-bond acceptors (Lipinski definition) is 2. The Hall–Kier alpha value is -2.14. The summed E-state index contributed by atoms with van der Waals surface area (Å²) in [5.74, 6) is -0.138. The van der Waals surface area contributed by atoms with Gasteiger partial charge >= 0.3 is 0 Å². The molecule has 0 unspecified atom stereocenters. The number of carbonyl (C=O) groups is 1. The monoisotopic (exact) mass is 371 g/mol. The van der Waals surface area contributed by atoms with Gasteiger partial charge in [-0.15, -0.1) is 0 Å². The van der Waals surface area contributed by atoms with Crippen LogP contribution in [0.2, 0.25) is 0 Å². The number of anilines is 1. The van der Waals surface area contributed by atoms with E-state index >= 15 is 0 Å². The summed E-state index contributed by atoms with van der Waals surface area (Å²) < 4.78 is 2.74. The number of imidazole rings is 1. The van der Waals surface area contributed by atoms with Gasteiger partial charge in [0.15, 0.2) is 0 Å². The molecule has 118 valence electrons. The fourth-order valence-electron chi connectivity index (χ4n) is 2.62. The van der Waals surface area contributed by atoms with Crippen LogP contribution in [0.1, 0.15) is 34.2 Å². The van der Waals surface area contributed by atoms with Crippen molar-refractivity contribution in [3.8, 4) is 0 Å². The van der Waals surface area contributed by atoms with Crippen molar-refractivity contribution in [2.75, 3.05) is 5.32 Å². The minimum absolute atomic E-state index is 0.138. The van der Waals surface area contributed by atoms with Gasteiger partial charge in [0.25, 0.3) is 5.91 Å². The highest BCUT2D eigenvalue weighted by Crippen LogP contribution is 2.22. The molecule has 1 aromatic carbocycles. The van der Waals surface area contributed by atoms with E-state index in [4.69, 9.17) is 0 Å². The average Bonchev–Trinajstić information content (AvgIpc) is 2.89. The Balaban J connectivity index is 2.06. The van der Waals surface area contributed by atoms with Gasteiger partial charge in [-0.05, 0) is 65.5 Å². The maximum Gasteiger partial charge on any atom is 0.274 e. The fourth-order valence-corrected chi connectivity index (χ4v) is 2.96. The van der Waals surface area contributed by atoms with Crippen molar-refractivity contribution in [3.05, 3.63) is 63.5 Å². The van der Waals surface area contributed by atoms with E-state index < -0.39 is 0 Å². The number of amides is 1. The summed E-state index contributed by atoms with van der Waals surface area (Å²) in [5.41, 5.74) is 5.22. The summed E-state index contributed by atoms with van der Waals surface area (Å²) in [5, 5.41) is 3.02. The van der Waals surface area contributed by atoms with Crippen molar-refractivity contribution in [1.29, 1.82) is 0 Å². The molecule has 0 saturated heterocycles. The molecule has 2 aromatic heterocycles. The molecule has 0 radical (unpaired) electrons. The van der Waals surface area contributed by atoms with Crippen LogP contribution in [0.15, 0.2) is 41.0 Å². The van der Waals surface area contributed by atoms with Crippen LogP contribution in [-0.4, -0.2) is 15.3 Å².